The zero-order valence-corrected chi connectivity index (χ0v) is 11.7. The van der Waals surface area contributed by atoms with E-state index in [1.54, 1.807) is 0 Å². The first-order valence-electron chi connectivity index (χ1n) is 6.17. The summed E-state index contributed by atoms with van der Waals surface area (Å²) >= 11 is 1.34. The normalized spacial score (nSPS) is 12.3. The molecular weight excluding hydrogens is 278 g/mol. The Hall–Kier alpha value is -1.92. The number of carbonyl (C=O) groups is 2. The average Bonchev–Trinajstić information content (AvgIpc) is 2.76. The molecule has 0 spiro atoms. The Morgan fingerprint density at radius 2 is 2.05 bits per heavy atom. The number of thiophene rings is 1. The molecule has 1 aromatic carbocycles. The molecule has 6 heteroatoms. The Bertz CT molecular complexity index is 650. The largest absolute Gasteiger partial charge is 0.480 e. The molecule has 1 amide bonds. The van der Waals surface area contributed by atoms with E-state index in [4.69, 9.17) is 10.2 Å². The van der Waals surface area contributed by atoms with Crippen LogP contribution < -0.4 is 5.32 Å². The highest BCUT2D eigenvalue weighted by Gasteiger charge is 2.22. The second-order valence-electron chi connectivity index (χ2n) is 4.43. The highest BCUT2D eigenvalue weighted by Crippen LogP contribution is 2.30. The molecular formula is C14H15NO4S. The maximum absolute atomic E-state index is 12.2. The number of carboxylic acids is 1. The average molecular weight is 293 g/mol. The van der Waals surface area contributed by atoms with Gasteiger partial charge in [-0.1, -0.05) is 18.2 Å². The highest BCUT2D eigenvalue weighted by molar-refractivity contribution is 7.21. The number of carbonyl (C=O) groups excluding carboxylic acids is 1. The van der Waals surface area contributed by atoms with E-state index in [-0.39, 0.29) is 13.0 Å². The monoisotopic (exact) mass is 293 g/mol. The van der Waals surface area contributed by atoms with Gasteiger partial charge in [0.15, 0.2) is 0 Å². The van der Waals surface area contributed by atoms with Crippen LogP contribution in [0.5, 0.6) is 0 Å². The van der Waals surface area contributed by atoms with Crippen molar-refractivity contribution in [3.63, 3.8) is 0 Å². The maximum atomic E-state index is 12.2. The van der Waals surface area contributed by atoms with E-state index in [2.05, 4.69) is 5.32 Å². The number of amides is 1. The number of nitrogens with one attached hydrogen (secondary N) is 1. The third kappa shape index (κ3) is 2.81. The summed E-state index contributed by atoms with van der Waals surface area (Å²) in [4.78, 5) is 23.7. The molecule has 0 fully saturated rings. The number of benzene rings is 1. The van der Waals surface area contributed by atoms with Crippen LogP contribution in [0.3, 0.4) is 0 Å². The number of aryl methyl sites for hydroxylation is 1. The SMILES string of the molecule is Cc1c(C(=O)NC(CCO)C(=O)O)sc2ccccc12. The molecule has 2 rings (SSSR count). The molecule has 0 radical (unpaired) electrons. The Balaban J connectivity index is 2.27. The van der Waals surface area contributed by atoms with Crippen molar-refractivity contribution in [2.75, 3.05) is 6.61 Å². The molecule has 106 valence electrons. The number of fused-ring (bicyclic) bond motifs is 1. The molecule has 0 saturated heterocycles. The van der Waals surface area contributed by atoms with Crippen LogP contribution in [0.15, 0.2) is 24.3 Å². The van der Waals surface area contributed by atoms with E-state index in [9.17, 15) is 9.59 Å². The van der Waals surface area contributed by atoms with Crippen LogP contribution >= 0.6 is 11.3 Å². The second-order valence-corrected chi connectivity index (χ2v) is 5.48. The predicted octanol–water partition coefficient (Wildman–Crippen LogP) is 1.78. The summed E-state index contributed by atoms with van der Waals surface area (Å²) in [5, 5.41) is 21.3. The summed E-state index contributed by atoms with van der Waals surface area (Å²) in [5.41, 5.74) is 0.844. The third-order valence-electron chi connectivity index (χ3n) is 3.07. The second kappa shape index (κ2) is 6.02. The van der Waals surface area contributed by atoms with Gasteiger partial charge in [0, 0.05) is 17.7 Å². The number of aliphatic hydroxyl groups excluding tert-OH is 1. The maximum Gasteiger partial charge on any atom is 0.326 e. The first-order valence-corrected chi connectivity index (χ1v) is 6.99. The van der Waals surface area contributed by atoms with Crippen molar-refractivity contribution in [2.24, 2.45) is 0 Å². The number of aliphatic hydroxyl groups is 1. The topological polar surface area (TPSA) is 86.6 Å². The van der Waals surface area contributed by atoms with E-state index in [0.29, 0.717) is 4.88 Å². The van der Waals surface area contributed by atoms with Crippen LogP contribution in [0.2, 0.25) is 0 Å². The van der Waals surface area contributed by atoms with Crippen molar-refractivity contribution in [2.45, 2.75) is 19.4 Å². The molecule has 20 heavy (non-hydrogen) atoms. The van der Waals surface area contributed by atoms with Gasteiger partial charge in [-0.3, -0.25) is 4.79 Å². The molecule has 0 aliphatic heterocycles. The first-order chi connectivity index (χ1) is 9.54. The molecule has 1 heterocycles. The van der Waals surface area contributed by atoms with Crippen molar-refractivity contribution >= 4 is 33.3 Å². The molecule has 1 atom stereocenters. The van der Waals surface area contributed by atoms with Gasteiger partial charge in [-0.2, -0.15) is 0 Å². The molecule has 1 aromatic heterocycles. The van der Waals surface area contributed by atoms with Gasteiger partial charge in [0.25, 0.3) is 5.91 Å². The quantitative estimate of drug-likeness (QED) is 0.784. The summed E-state index contributed by atoms with van der Waals surface area (Å²) in [5.74, 6) is -1.56. The summed E-state index contributed by atoms with van der Waals surface area (Å²) in [6, 6.07) is 6.57. The fraction of sp³-hybridized carbons (Fsp3) is 0.286. The van der Waals surface area contributed by atoms with Crippen molar-refractivity contribution in [3.8, 4) is 0 Å². The van der Waals surface area contributed by atoms with E-state index < -0.39 is 17.9 Å². The van der Waals surface area contributed by atoms with Crippen LogP contribution in [0.25, 0.3) is 10.1 Å². The number of hydrogen-bond donors (Lipinski definition) is 3. The summed E-state index contributed by atoms with van der Waals surface area (Å²) in [6.07, 6.45) is -0.00891. The van der Waals surface area contributed by atoms with Crippen LogP contribution in [0, 0.1) is 6.92 Å². The number of carboxylic acid groups (broad SMARTS) is 1. The molecule has 5 nitrogen and oxygen atoms in total. The van der Waals surface area contributed by atoms with Crippen LogP contribution in [-0.2, 0) is 4.79 Å². The third-order valence-corrected chi connectivity index (χ3v) is 4.34. The first kappa shape index (κ1) is 14.5. The van der Waals surface area contributed by atoms with Gasteiger partial charge in [-0.25, -0.2) is 4.79 Å². The number of rotatable bonds is 5. The van der Waals surface area contributed by atoms with Gasteiger partial charge in [0.2, 0.25) is 0 Å². The van der Waals surface area contributed by atoms with Gasteiger partial charge in [0.1, 0.15) is 6.04 Å². The van der Waals surface area contributed by atoms with Crippen LogP contribution in [-0.4, -0.2) is 34.7 Å². The lowest BCUT2D eigenvalue weighted by Gasteiger charge is -2.12. The predicted molar refractivity (Wildman–Crippen MR) is 77.2 cm³/mol. The fourth-order valence-electron chi connectivity index (χ4n) is 2.00. The lowest BCUT2D eigenvalue weighted by molar-refractivity contribution is -0.139. The molecule has 2 aromatic rings. The zero-order valence-electron chi connectivity index (χ0n) is 10.9. The molecule has 0 bridgehead atoms. The summed E-state index contributed by atoms with van der Waals surface area (Å²) < 4.78 is 0.990. The van der Waals surface area contributed by atoms with Crippen molar-refractivity contribution in [1.82, 2.24) is 5.32 Å². The highest BCUT2D eigenvalue weighted by atomic mass is 32.1. The van der Waals surface area contributed by atoms with Gasteiger partial charge >= 0.3 is 5.97 Å². The smallest absolute Gasteiger partial charge is 0.326 e. The summed E-state index contributed by atoms with van der Waals surface area (Å²) in [6.45, 7) is 1.55. The molecule has 0 aliphatic carbocycles. The number of hydrogen-bond acceptors (Lipinski definition) is 4. The summed E-state index contributed by atoms with van der Waals surface area (Å²) in [7, 11) is 0. The Kier molecular flexibility index (Phi) is 4.36. The number of aliphatic carboxylic acids is 1. The Morgan fingerprint density at radius 1 is 1.35 bits per heavy atom. The minimum absolute atomic E-state index is 0.00891. The van der Waals surface area contributed by atoms with Crippen molar-refractivity contribution in [1.29, 1.82) is 0 Å². The van der Waals surface area contributed by atoms with Gasteiger partial charge in [-0.15, -0.1) is 11.3 Å². The van der Waals surface area contributed by atoms with Crippen LogP contribution in [0.4, 0.5) is 0 Å². The van der Waals surface area contributed by atoms with Gasteiger partial charge < -0.3 is 15.5 Å². The van der Waals surface area contributed by atoms with Crippen LogP contribution in [0.1, 0.15) is 21.7 Å². The lowest BCUT2D eigenvalue weighted by atomic mass is 10.1. The Labute approximate surface area is 119 Å². The van der Waals surface area contributed by atoms with Gasteiger partial charge in [0.05, 0.1) is 4.88 Å². The standard InChI is InChI=1S/C14H15NO4S/c1-8-9-4-2-3-5-11(9)20-12(8)13(17)15-10(6-7-16)14(18)19/h2-5,10,16H,6-7H2,1H3,(H,15,17)(H,18,19). The molecule has 0 saturated carbocycles. The van der Waals surface area contributed by atoms with Gasteiger partial charge in [-0.05, 0) is 23.9 Å². The zero-order chi connectivity index (χ0) is 14.7. The minimum atomic E-state index is -1.15. The van der Waals surface area contributed by atoms with E-state index in [1.165, 1.54) is 11.3 Å². The lowest BCUT2D eigenvalue weighted by Crippen LogP contribution is -2.41. The molecule has 0 aliphatic rings. The van der Waals surface area contributed by atoms with E-state index in [1.807, 2.05) is 31.2 Å². The van der Waals surface area contributed by atoms with E-state index in [0.717, 1.165) is 15.6 Å². The van der Waals surface area contributed by atoms with Crippen molar-refractivity contribution < 1.29 is 19.8 Å². The van der Waals surface area contributed by atoms with Crippen molar-refractivity contribution in [3.05, 3.63) is 34.7 Å². The molecule has 3 N–H and O–H groups in total. The molecule has 1 unspecified atom stereocenters. The fourth-order valence-corrected chi connectivity index (χ4v) is 3.11. The minimum Gasteiger partial charge on any atom is -0.480 e. The van der Waals surface area contributed by atoms with E-state index >= 15 is 0 Å². The Morgan fingerprint density at radius 3 is 2.65 bits per heavy atom.